The molecule has 2 rings (SSSR count). The molecule has 15 heavy (non-hydrogen) atoms. The molecule has 1 heterocycles. The summed E-state index contributed by atoms with van der Waals surface area (Å²) in [7, 11) is 0. The van der Waals surface area contributed by atoms with E-state index >= 15 is 0 Å². The van der Waals surface area contributed by atoms with Crippen molar-refractivity contribution in [3.05, 3.63) is 29.8 Å². The highest BCUT2D eigenvalue weighted by atomic mass is 15.2. The summed E-state index contributed by atoms with van der Waals surface area (Å²) in [6.45, 7) is 6.76. The lowest BCUT2D eigenvalue weighted by atomic mass is 10.2. The van der Waals surface area contributed by atoms with Gasteiger partial charge in [0, 0.05) is 25.3 Å². The zero-order valence-corrected chi connectivity index (χ0v) is 9.50. The van der Waals surface area contributed by atoms with E-state index < -0.39 is 0 Å². The Morgan fingerprint density at radius 2 is 2.13 bits per heavy atom. The van der Waals surface area contributed by atoms with E-state index in [1.165, 1.54) is 30.6 Å². The average molecular weight is 204 g/mol. The van der Waals surface area contributed by atoms with E-state index in [0.29, 0.717) is 0 Å². The minimum absolute atomic E-state index is 1.10. The van der Waals surface area contributed by atoms with E-state index in [4.69, 9.17) is 0 Å². The van der Waals surface area contributed by atoms with Gasteiger partial charge in [-0.25, -0.2) is 0 Å². The van der Waals surface area contributed by atoms with Gasteiger partial charge in [-0.1, -0.05) is 25.1 Å². The van der Waals surface area contributed by atoms with Crippen molar-refractivity contribution in [1.82, 2.24) is 5.32 Å². The highest BCUT2D eigenvalue weighted by molar-refractivity contribution is 5.57. The molecule has 0 radical (unpaired) electrons. The number of nitrogens with one attached hydrogen (secondary N) is 1. The van der Waals surface area contributed by atoms with Crippen molar-refractivity contribution in [2.24, 2.45) is 0 Å². The molecule has 2 heteroatoms. The third-order valence-electron chi connectivity index (χ3n) is 2.97. The molecule has 0 saturated carbocycles. The molecule has 1 N–H and O–H groups in total. The number of rotatable bonds is 5. The number of benzene rings is 1. The Morgan fingerprint density at radius 3 is 3.00 bits per heavy atom. The molecule has 0 spiro atoms. The van der Waals surface area contributed by atoms with Crippen LogP contribution in [0.4, 0.5) is 5.69 Å². The van der Waals surface area contributed by atoms with Gasteiger partial charge in [0.25, 0.3) is 0 Å². The number of nitrogens with zero attached hydrogens (tertiary/aromatic N) is 1. The number of hydrogen-bond donors (Lipinski definition) is 1. The molecule has 1 aliphatic heterocycles. The van der Waals surface area contributed by atoms with Crippen molar-refractivity contribution in [2.75, 3.05) is 31.1 Å². The molecule has 0 atom stereocenters. The molecule has 1 aromatic carbocycles. The molecule has 0 bridgehead atoms. The first-order valence-electron chi connectivity index (χ1n) is 5.95. The molecule has 0 unspecified atom stereocenters. The van der Waals surface area contributed by atoms with Gasteiger partial charge in [-0.3, -0.25) is 0 Å². The summed E-state index contributed by atoms with van der Waals surface area (Å²) in [5.41, 5.74) is 2.95. The largest absolute Gasteiger partial charge is 0.370 e. The summed E-state index contributed by atoms with van der Waals surface area (Å²) >= 11 is 0. The predicted molar refractivity (Wildman–Crippen MR) is 65.5 cm³/mol. The van der Waals surface area contributed by atoms with Gasteiger partial charge in [0.1, 0.15) is 0 Å². The second-order valence-corrected chi connectivity index (χ2v) is 4.12. The monoisotopic (exact) mass is 204 g/mol. The van der Waals surface area contributed by atoms with E-state index in [1.54, 1.807) is 0 Å². The van der Waals surface area contributed by atoms with E-state index in [-0.39, 0.29) is 0 Å². The lowest BCUT2D eigenvalue weighted by molar-refractivity contribution is 0.656. The molecule has 82 valence electrons. The summed E-state index contributed by atoms with van der Waals surface area (Å²) < 4.78 is 0. The normalized spacial score (nSPS) is 14.3. The summed E-state index contributed by atoms with van der Waals surface area (Å²) in [5, 5.41) is 3.45. The van der Waals surface area contributed by atoms with E-state index in [0.717, 1.165) is 19.6 Å². The predicted octanol–water partition coefficient (Wildman–Crippen LogP) is 2.05. The fraction of sp³-hybridized carbons (Fsp3) is 0.538. The average Bonchev–Trinajstić information content (AvgIpc) is 2.68. The van der Waals surface area contributed by atoms with Crippen molar-refractivity contribution in [3.8, 4) is 0 Å². The fourth-order valence-corrected chi connectivity index (χ4v) is 2.15. The van der Waals surface area contributed by atoms with E-state index in [2.05, 4.69) is 41.4 Å². The van der Waals surface area contributed by atoms with Crippen LogP contribution < -0.4 is 10.2 Å². The maximum absolute atomic E-state index is 3.45. The summed E-state index contributed by atoms with van der Waals surface area (Å²) in [4.78, 5) is 2.48. The zero-order chi connectivity index (χ0) is 10.5. The third-order valence-corrected chi connectivity index (χ3v) is 2.97. The molecule has 0 saturated heterocycles. The Kier molecular flexibility index (Phi) is 3.62. The van der Waals surface area contributed by atoms with Crippen molar-refractivity contribution >= 4 is 5.69 Å². The Hall–Kier alpha value is -1.02. The van der Waals surface area contributed by atoms with Gasteiger partial charge in [-0.15, -0.1) is 0 Å². The maximum Gasteiger partial charge on any atom is 0.0399 e. The van der Waals surface area contributed by atoms with Crippen LogP contribution in [0.5, 0.6) is 0 Å². The van der Waals surface area contributed by atoms with E-state index in [9.17, 15) is 0 Å². The molecule has 0 fully saturated rings. The van der Waals surface area contributed by atoms with Crippen LogP contribution >= 0.6 is 0 Å². The molecule has 0 amide bonds. The van der Waals surface area contributed by atoms with Crippen LogP contribution in [-0.4, -0.2) is 26.2 Å². The summed E-state index contributed by atoms with van der Waals surface area (Å²) in [5.74, 6) is 0. The van der Waals surface area contributed by atoms with Crippen molar-refractivity contribution in [1.29, 1.82) is 0 Å². The first-order chi connectivity index (χ1) is 7.42. The van der Waals surface area contributed by atoms with Crippen molar-refractivity contribution in [3.63, 3.8) is 0 Å². The molecule has 1 aliphatic rings. The minimum atomic E-state index is 1.10. The highest BCUT2D eigenvalue weighted by Crippen LogP contribution is 2.26. The topological polar surface area (TPSA) is 15.3 Å². The van der Waals surface area contributed by atoms with Gasteiger partial charge in [0.15, 0.2) is 0 Å². The van der Waals surface area contributed by atoms with Crippen LogP contribution in [0.3, 0.4) is 0 Å². The van der Waals surface area contributed by atoms with Crippen LogP contribution in [0.25, 0.3) is 0 Å². The Bertz CT molecular complexity index is 309. The number of hydrogen-bond acceptors (Lipinski definition) is 2. The molecule has 0 aliphatic carbocycles. The van der Waals surface area contributed by atoms with Gasteiger partial charge in [0.2, 0.25) is 0 Å². The Balaban J connectivity index is 1.85. The molecular formula is C13H20N2. The molecule has 2 nitrogen and oxygen atoms in total. The van der Waals surface area contributed by atoms with Gasteiger partial charge in [-0.05, 0) is 31.0 Å². The zero-order valence-electron chi connectivity index (χ0n) is 9.50. The van der Waals surface area contributed by atoms with Gasteiger partial charge in [0.05, 0.1) is 0 Å². The fourth-order valence-electron chi connectivity index (χ4n) is 2.15. The lowest BCUT2D eigenvalue weighted by Crippen LogP contribution is -2.31. The summed E-state index contributed by atoms with van der Waals surface area (Å²) in [6.07, 6.45) is 2.43. The van der Waals surface area contributed by atoms with Crippen molar-refractivity contribution < 1.29 is 0 Å². The number of para-hydroxylation sites is 1. The van der Waals surface area contributed by atoms with Gasteiger partial charge < -0.3 is 10.2 Å². The Morgan fingerprint density at radius 1 is 1.27 bits per heavy atom. The van der Waals surface area contributed by atoms with Crippen LogP contribution in [0.2, 0.25) is 0 Å². The van der Waals surface area contributed by atoms with Gasteiger partial charge in [-0.2, -0.15) is 0 Å². The van der Waals surface area contributed by atoms with Crippen LogP contribution in [0.1, 0.15) is 18.9 Å². The first-order valence-corrected chi connectivity index (χ1v) is 5.95. The maximum atomic E-state index is 3.45. The smallest absolute Gasteiger partial charge is 0.0399 e. The van der Waals surface area contributed by atoms with Crippen LogP contribution in [-0.2, 0) is 6.42 Å². The second kappa shape index (κ2) is 5.17. The van der Waals surface area contributed by atoms with E-state index in [1.807, 2.05) is 0 Å². The number of fused-ring (bicyclic) bond motifs is 1. The minimum Gasteiger partial charge on any atom is -0.370 e. The van der Waals surface area contributed by atoms with Crippen LogP contribution in [0, 0.1) is 0 Å². The lowest BCUT2D eigenvalue weighted by Gasteiger charge is -2.19. The van der Waals surface area contributed by atoms with Gasteiger partial charge >= 0.3 is 0 Å². The molecule has 0 aromatic heterocycles. The first kappa shape index (κ1) is 10.5. The summed E-state index contributed by atoms with van der Waals surface area (Å²) in [6, 6.07) is 8.76. The second-order valence-electron chi connectivity index (χ2n) is 4.12. The highest BCUT2D eigenvalue weighted by Gasteiger charge is 2.16. The molecule has 1 aromatic rings. The standard InChI is InChI=1S/C13H20N2/c1-2-8-14-9-11-15-10-7-12-5-3-4-6-13(12)15/h3-6,14H,2,7-11H2,1H3. The quantitative estimate of drug-likeness (QED) is 0.738. The SMILES string of the molecule is CCCNCCN1CCc2ccccc21. The Labute approximate surface area is 92.3 Å². The number of anilines is 1. The molecular weight excluding hydrogens is 184 g/mol. The van der Waals surface area contributed by atoms with Crippen molar-refractivity contribution in [2.45, 2.75) is 19.8 Å². The third kappa shape index (κ3) is 2.51. The van der Waals surface area contributed by atoms with Crippen LogP contribution in [0.15, 0.2) is 24.3 Å².